The third-order valence-corrected chi connectivity index (χ3v) is 2.96. The van der Waals surface area contributed by atoms with E-state index in [1.54, 1.807) is 0 Å². The van der Waals surface area contributed by atoms with E-state index in [1.807, 2.05) is 11.9 Å². The van der Waals surface area contributed by atoms with Crippen LogP contribution in [0.4, 0.5) is 24.5 Å². The highest BCUT2D eigenvalue weighted by Gasteiger charge is 2.30. The number of amides is 1. The van der Waals surface area contributed by atoms with Gasteiger partial charge in [-0.2, -0.15) is 13.2 Å². The van der Waals surface area contributed by atoms with Gasteiger partial charge in [0, 0.05) is 0 Å². The van der Waals surface area contributed by atoms with Gasteiger partial charge in [-0.3, -0.25) is 9.69 Å². The van der Waals surface area contributed by atoms with E-state index in [1.165, 1.54) is 6.07 Å². The summed E-state index contributed by atoms with van der Waals surface area (Å²) in [7, 11) is 1.81. The maximum atomic E-state index is 12.5. The molecule has 0 spiro atoms. The molecule has 0 aliphatic rings. The van der Waals surface area contributed by atoms with Crippen molar-refractivity contribution in [2.24, 2.45) is 0 Å². The molecule has 0 saturated heterocycles. The van der Waals surface area contributed by atoms with Gasteiger partial charge in [0.05, 0.1) is 23.5 Å². The molecule has 1 amide bonds. The summed E-state index contributed by atoms with van der Waals surface area (Å²) in [5.74, 6) is -0.305. The molecule has 7 heteroatoms. The molecule has 0 saturated carbocycles. The lowest BCUT2D eigenvalue weighted by Gasteiger charge is -2.16. The van der Waals surface area contributed by atoms with Crippen LogP contribution in [0.15, 0.2) is 18.2 Å². The zero-order valence-corrected chi connectivity index (χ0v) is 12.1. The topological polar surface area (TPSA) is 58.4 Å². The zero-order chi connectivity index (χ0) is 16.0. The molecule has 4 nitrogen and oxygen atoms in total. The Morgan fingerprint density at radius 2 is 2.05 bits per heavy atom. The zero-order valence-electron chi connectivity index (χ0n) is 12.1. The molecule has 0 heterocycles. The number of likely N-dealkylation sites (N-methyl/N-ethyl adjacent to an activating group) is 1. The van der Waals surface area contributed by atoms with Crippen LogP contribution in [0.1, 0.15) is 25.3 Å². The number of carbonyl (C=O) groups is 1. The number of rotatable bonds is 6. The molecule has 0 aliphatic carbocycles. The van der Waals surface area contributed by atoms with Gasteiger partial charge >= 0.3 is 6.18 Å². The number of hydrogen-bond acceptors (Lipinski definition) is 3. The van der Waals surface area contributed by atoms with E-state index in [-0.39, 0.29) is 23.8 Å². The largest absolute Gasteiger partial charge is 0.416 e. The number of hydrogen-bond donors (Lipinski definition) is 2. The Kier molecular flexibility index (Phi) is 6.02. The van der Waals surface area contributed by atoms with Gasteiger partial charge in [0.2, 0.25) is 5.91 Å². The fraction of sp³-hybridized carbons (Fsp3) is 0.500. The number of carbonyl (C=O) groups excluding carboxylic acids is 1. The number of nitrogens with two attached hydrogens (primary N) is 1. The van der Waals surface area contributed by atoms with E-state index >= 15 is 0 Å². The fourth-order valence-corrected chi connectivity index (χ4v) is 1.79. The quantitative estimate of drug-likeness (QED) is 0.794. The van der Waals surface area contributed by atoms with E-state index < -0.39 is 11.7 Å². The predicted octanol–water partition coefficient (Wildman–Crippen LogP) is 2.96. The second kappa shape index (κ2) is 7.31. The molecular weight excluding hydrogens is 283 g/mol. The van der Waals surface area contributed by atoms with Crippen molar-refractivity contribution in [2.45, 2.75) is 25.9 Å². The van der Waals surface area contributed by atoms with Gasteiger partial charge in [-0.1, -0.05) is 13.3 Å². The second-order valence-corrected chi connectivity index (χ2v) is 4.94. The molecule has 0 aromatic heterocycles. The average Bonchev–Trinajstić information content (AvgIpc) is 2.37. The molecule has 0 radical (unpaired) electrons. The summed E-state index contributed by atoms with van der Waals surface area (Å²) in [5.41, 5.74) is 4.80. The number of nitrogens with zero attached hydrogens (tertiary/aromatic N) is 1. The minimum atomic E-state index is -4.45. The number of alkyl halides is 3. The fourth-order valence-electron chi connectivity index (χ4n) is 1.79. The molecule has 1 aromatic rings. The van der Waals surface area contributed by atoms with Crippen LogP contribution in [0, 0.1) is 0 Å². The first-order chi connectivity index (χ1) is 9.74. The SMILES string of the molecule is CCCCN(C)CC(=O)Nc1ccc(C(F)(F)F)cc1N. The molecule has 0 fully saturated rings. The summed E-state index contributed by atoms with van der Waals surface area (Å²) >= 11 is 0. The standard InChI is InChI=1S/C14H20F3N3O/c1-3-4-7-20(2)9-13(21)19-12-6-5-10(8-11(12)18)14(15,16)17/h5-6,8H,3-4,7,9,18H2,1-2H3,(H,19,21). The van der Waals surface area contributed by atoms with E-state index in [4.69, 9.17) is 5.73 Å². The maximum Gasteiger partial charge on any atom is 0.416 e. The smallest absolute Gasteiger partial charge is 0.397 e. The summed E-state index contributed by atoms with van der Waals surface area (Å²) in [6.45, 7) is 3.00. The molecular formula is C14H20F3N3O. The lowest BCUT2D eigenvalue weighted by Crippen LogP contribution is -2.31. The Hall–Kier alpha value is -1.76. The molecule has 21 heavy (non-hydrogen) atoms. The van der Waals surface area contributed by atoms with Crippen molar-refractivity contribution in [2.75, 3.05) is 31.2 Å². The summed E-state index contributed by atoms with van der Waals surface area (Å²) in [6, 6.07) is 2.88. The van der Waals surface area contributed by atoms with Gasteiger partial charge in [-0.05, 0) is 38.2 Å². The van der Waals surface area contributed by atoms with Crippen LogP contribution in [0.5, 0.6) is 0 Å². The second-order valence-electron chi connectivity index (χ2n) is 4.94. The summed E-state index contributed by atoms with van der Waals surface area (Å²) < 4.78 is 37.5. The van der Waals surface area contributed by atoms with Crippen LogP contribution in [0.2, 0.25) is 0 Å². The van der Waals surface area contributed by atoms with Crippen LogP contribution < -0.4 is 11.1 Å². The number of nitrogen functional groups attached to an aromatic ring is 1. The van der Waals surface area contributed by atoms with Crippen LogP contribution in [-0.4, -0.2) is 30.9 Å². The maximum absolute atomic E-state index is 12.5. The van der Waals surface area contributed by atoms with Crippen molar-refractivity contribution in [3.63, 3.8) is 0 Å². The van der Waals surface area contributed by atoms with Crippen molar-refractivity contribution in [1.82, 2.24) is 4.90 Å². The average molecular weight is 303 g/mol. The minimum Gasteiger partial charge on any atom is -0.397 e. The van der Waals surface area contributed by atoms with Crippen molar-refractivity contribution in [3.8, 4) is 0 Å². The van der Waals surface area contributed by atoms with E-state index in [0.717, 1.165) is 31.5 Å². The number of unbranched alkanes of at least 4 members (excludes halogenated alkanes) is 1. The number of nitrogens with one attached hydrogen (secondary N) is 1. The van der Waals surface area contributed by atoms with E-state index in [2.05, 4.69) is 12.2 Å². The van der Waals surface area contributed by atoms with E-state index in [0.29, 0.717) is 0 Å². The Morgan fingerprint density at radius 3 is 2.57 bits per heavy atom. The van der Waals surface area contributed by atoms with Crippen molar-refractivity contribution < 1.29 is 18.0 Å². The molecule has 3 N–H and O–H groups in total. The number of anilines is 2. The Morgan fingerprint density at radius 1 is 1.38 bits per heavy atom. The highest BCUT2D eigenvalue weighted by molar-refractivity contribution is 5.95. The van der Waals surface area contributed by atoms with Crippen LogP contribution in [0.25, 0.3) is 0 Å². The molecule has 0 bridgehead atoms. The van der Waals surface area contributed by atoms with Crippen molar-refractivity contribution >= 4 is 17.3 Å². The monoisotopic (exact) mass is 303 g/mol. The van der Waals surface area contributed by atoms with Gasteiger partial charge < -0.3 is 11.1 Å². The van der Waals surface area contributed by atoms with Crippen LogP contribution in [0.3, 0.4) is 0 Å². The highest BCUT2D eigenvalue weighted by atomic mass is 19.4. The number of halogens is 3. The van der Waals surface area contributed by atoms with Gasteiger partial charge in [0.15, 0.2) is 0 Å². The molecule has 0 atom stereocenters. The third kappa shape index (κ3) is 5.63. The Balaban J connectivity index is 2.65. The highest BCUT2D eigenvalue weighted by Crippen LogP contribution is 2.32. The molecule has 1 rings (SSSR count). The molecule has 0 unspecified atom stereocenters. The Bertz CT molecular complexity index is 489. The van der Waals surface area contributed by atoms with Crippen molar-refractivity contribution in [3.05, 3.63) is 23.8 Å². The first kappa shape index (κ1) is 17.3. The summed E-state index contributed by atoms with van der Waals surface area (Å²) in [4.78, 5) is 13.6. The molecule has 1 aromatic carbocycles. The molecule has 118 valence electrons. The molecule has 0 aliphatic heterocycles. The minimum absolute atomic E-state index is 0.102. The Labute approximate surface area is 122 Å². The third-order valence-electron chi connectivity index (χ3n) is 2.96. The first-order valence-corrected chi connectivity index (χ1v) is 6.69. The number of benzene rings is 1. The van der Waals surface area contributed by atoms with E-state index in [9.17, 15) is 18.0 Å². The van der Waals surface area contributed by atoms with Gasteiger partial charge in [-0.25, -0.2) is 0 Å². The first-order valence-electron chi connectivity index (χ1n) is 6.69. The van der Waals surface area contributed by atoms with Gasteiger partial charge in [0.1, 0.15) is 0 Å². The van der Waals surface area contributed by atoms with Gasteiger partial charge in [0.25, 0.3) is 0 Å². The summed E-state index contributed by atoms with van der Waals surface area (Å²) in [6.07, 6.45) is -2.44. The van der Waals surface area contributed by atoms with Crippen LogP contribution in [-0.2, 0) is 11.0 Å². The van der Waals surface area contributed by atoms with Gasteiger partial charge in [-0.15, -0.1) is 0 Å². The lowest BCUT2D eigenvalue weighted by molar-refractivity contribution is -0.137. The lowest BCUT2D eigenvalue weighted by atomic mass is 10.1. The van der Waals surface area contributed by atoms with Crippen LogP contribution >= 0.6 is 0 Å². The predicted molar refractivity (Wildman–Crippen MR) is 76.9 cm³/mol. The summed E-state index contributed by atoms with van der Waals surface area (Å²) in [5, 5.41) is 2.52. The van der Waals surface area contributed by atoms with Crippen molar-refractivity contribution in [1.29, 1.82) is 0 Å². The normalized spacial score (nSPS) is 11.7.